The third-order valence-corrected chi connectivity index (χ3v) is 23.6. The molecule has 1 saturated heterocycles. The maximum atomic E-state index is 9.03. The van der Waals surface area contributed by atoms with E-state index in [4.69, 9.17) is 81.7 Å². The Morgan fingerprint density at radius 1 is 0.377 bits per heavy atom. The smallest absolute Gasteiger partial charge is 0.124 e. The third-order valence-electron chi connectivity index (χ3n) is 23.4. The Morgan fingerprint density at radius 3 is 1.01 bits per heavy atom. The normalized spacial score (nSPS) is 12.4. The number of aromatic nitrogens is 16. The monoisotopic (exact) mass is 1890 g/mol. The summed E-state index contributed by atoms with van der Waals surface area (Å²) < 4.78 is 40.2. The van der Waals surface area contributed by atoms with E-state index >= 15 is 0 Å². The van der Waals surface area contributed by atoms with Crippen molar-refractivity contribution in [2.24, 2.45) is 44.4 Å². The number of anilines is 8. The van der Waals surface area contributed by atoms with Gasteiger partial charge in [0, 0.05) is 247 Å². The molecule has 32 heteroatoms. The Kier molecular flexibility index (Phi) is 38.2. The van der Waals surface area contributed by atoms with Crippen molar-refractivity contribution < 1.29 is 28.4 Å². The molecule has 8 aromatic heterocycles. The molecule has 138 heavy (non-hydrogen) atoms. The van der Waals surface area contributed by atoms with Gasteiger partial charge >= 0.3 is 0 Å². The van der Waals surface area contributed by atoms with Gasteiger partial charge in [0.15, 0.2) is 0 Å². The zero-order valence-corrected chi connectivity index (χ0v) is 76.7. The highest BCUT2D eigenvalue weighted by Crippen LogP contribution is 2.43. The summed E-state index contributed by atoms with van der Waals surface area (Å²) in [5, 5.41) is 29.7. The van der Waals surface area contributed by atoms with Crippen molar-refractivity contribution in [3.05, 3.63) is 231 Å². The number of benzene rings is 8. The molecule has 2 aliphatic carbocycles. The van der Waals surface area contributed by atoms with Gasteiger partial charge in [-0.05, 0) is 159 Å². The zero-order valence-electron chi connectivity index (χ0n) is 75.9. The number of nitrogens with one attached hydrogen (secondary N) is 1. The van der Waals surface area contributed by atoms with Crippen molar-refractivity contribution in [1.82, 2.24) is 89.2 Å². The van der Waals surface area contributed by atoms with Gasteiger partial charge in [0.2, 0.25) is 0 Å². The standard InChI is InChI=1S/C29H36N8O.C24H24N6O2.C24H26N6O.C23H24ClN5O2.6CH4/c1-38-26-13-22(16-30)12-25(14-26)37(19-21-2-3-21)24-4-5-27-28(15-24)34-29(18-32-27)23-17-33-36(20-23)11-10-35-8-6-31-7-9-35;1-29-16-17(14-27-29)24-15-26-22-7-6-18(12-23(22)28-24)30(9-5-4-8-25)19-10-20(31-2)13-21(11-19)32-3;1-29-15-18(12-27-29)24-13-26-22-6-5-19(10-23(22)28-24)30(14-16-3-4-16)20-7-17(11-25)8-21(9-20)31-2;1-28-15-16(13-26-28)23-14-25-21-6-5-17(11-22(21)27-23)29(8-4-7-24)18-9-19(30-2)12-20(10-18)31-3;;;;;;/h4-5,12-15,17-18,20-21,31H,2-3,6-11,16,19,30H2,1H3;6-7,10-16H,4-5,9H2,1-3H3;5-10,12-13,15-16H,3-4,11,14,25H2,1-2H3;5-6,9-15H,4,7-8H2,1-3H3;6*1H4. The summed E-state index contributed by atoms with van der Waals surface area (Å²) >= 11 is 6.02. The Labute approximate surface area is 816 Å². The summed E-state index contributed by atoms with van der Waals surface area (Å²) in [5.74, 6) is 6.45. The predicted octanol–water partition coefficient (Wildman–Crippen LogP) is 20.6. The second-order valence-corrected chi connectivity index (χ2v) is 33.2. The third kappa shape index (κ3) is 26.6. The first kappa shape index (κ1) is 106. The van der Waals surface area contributed by atoms with E-state index in [0.717, 1.165) is 241 Å². The number of ether oxygens (including phenoxy) is 6. The number of hydrogen-bond donors (Lipinski definition) is 3. The molecule has 5 N–H and O–H groups in total. The van der Waals surface area contributed by atoms with Gasteiger partial charge in [-0.3, -0.25) is 43.6 Å². The number of hydrogen-bond acceptors (Lipinski definition) is 27. The van der Waals surface area contributed by atoms with Crippen LogP contribution in [0.15, 0.2) is 220 Å². The molecule has 726 valence electrons. The Hall–Kier alpha value is -14.4. The first-order valence-corrected chi connectivity index (χ1v) is 44.8. The van der Waals surface area contributed by atoms with Crippen LogP contribution >= 0.6 is 11.6 Å². The van der Waals surface area contributed by atoms with Crippen molar-refractivity contribution in [3.8, 4) is 85.6 Å². The number of fused-ring (bicyclic) bond motifs is 4. The highest BCUT2D eigenvalue weighted by molar-refractivity contribution is 6.17. The van der Waals surface area contributed by atoms with Gasteiger partial charge in [-0.2, -0.15) is 25.7 Å². The number of nitrogens with zero attached hydrogens (tertiary/aromatic N) is 22. The highest BCUT2D eigenvalue weighted by atomic mass is 35.5. The van der Waals surface area contributed by atoms with E-state index in [-0.39, 0.29) is 44.6 Å². The minimum atomic E-state index is 0. The van der Waals surface area contributed by atoms with Crippen molar-refractivity contribution in [3.63, 3.8) is 0 Å². The van der Waals surface area contributed by atoms with Gasteiger partial charge in [0.1, 0.15) is 34.5 Å². The van der Waals surface area contributed by atoms with Crippen molar-refractivity contribution >= 4 is 101 Å². The number of unbranched alkanes of at least 4 members (excludes halogenated alkanes) is 1. The first-order chi connectivity index (χ1) is 64.5. The minimum Gasteiger partial charge on any atom is -0.497 e. The summed E-state index contributed by atoms with van der Waals surface area (Å²) in [6.07, 6.45) is 29.4. The summed E-state index contributed by atoms with van der Waals surface area (Å²) in [6.45, 7) is 10.4. The number of nitriles is 1. The van der Waals surface area contributed by atoms with Crippen LogP contribution in [0.2, 0.25) is 0 Å². The van der Waals surface area contributed by atoms with Crippen LogP contribution in [-0.2, 0) is 40.8 Å². The van der Waals surface area contributed by atoms with Crippen LogP contribution < -0.4 is 64.8 Å². The lowest BCUT2D eigenvalue weighted by atomic mass is 10.1. The number of rotatable bonds is 33. The Balaban J connectivity index is 0.000000188. The summed E-state index contributed by atoms with van der Waals surface area (Å²) in [6, 6.07) is 50.9. The Bertz CT molecular complexity index is 6590. The fourth-order valence-electron chi connectivity index (χ4n) is 15.8. The van der Waals surface area contributed by atoms with Gasteiger partial charge in [0.05, 0.1) is 172 Å². The summed E-state index contributed by atoms with van der Waals surface area (Å²) in [5.41, 5.74) is 35.9. The molecule has 0 spiro atoms. The van der Waals surface area contributed by atoms with E-state index in [1.165, 1.54) is 25.7 Å². The molecule has 3 fully saturated rings. The molecule has 1 aliphatic heterocycles. The number of nitrogens with two attached hydrogens (primary N) is 2. The molecule has 16 aromatic rings. The van der Waals surface area contributed by atoms with Gasteiger partial charge in [-0.1, -0.05) is 44.6 Å². The summed E-state index contributed by atoms with van der Waals surface area (Å²) in [4.78, 5) is 49.5. The summed E-state index contributed by atoms with van der Waals surface area (Å²) in [7, 11) is 15.6. The van der Waals surface area contributed by atoms with Crippen LogP contribution in [0.3, 0.4) is 0 Å². The molecule has 19 rings (SSSR count). The van der Waals surface area contributed by atoms with Gasteiger partial charge in [-0.25, -0.2) is 19.9 Å². The number of piperazine rings is 1. The molecule has 2 saturated carbocycles. The molecule has 0 unspecified atom stereocenters. The van der Waals surface area contributed by atoms with Crippen LogP contribution in [0.25, 0.3) is 89.2 Å². The number of halogens is 1. The van der Waals surface area contributed by atoms with Crippen LogP contribution in [0.5, 0.6) is 34.5 Å². The maximum absolute atomic E-state index is 9.03. The van der Waals surface area contributed by atoms with Crippen molar-refractivity contribution in [2.45, 2.75) is 109 Å². The van der Waals surface area contributed by atoms with E-state index in [2.05, 4.69) is 132 Å². The first-order valence-electron chi connectivity index (χ1n) is 44.3. The molecule has 8 aromatic carbocycles. The topological polar surface area (TPSA) is 334 Å². The molecule has 0 bridgehead atoms. The lowest BCUT2D eigenvalue weighted by Crippen LogP contribution is -2.44. The van der Waals surface area contributed by atoms with Crippen LogP contribution in [-0.4, -0.2) is 191 Å². The van der Waals surface area contributed by atoms with Crippen molar-refractivity contribution in [2.75, 3.05) is 127 Å². The zero-order chi connectivity index (χ0) is 91.6. The van der Waals surface area contributed by atoms with Crippen LogP contribution in [0.4, 0.5) is 45.5 Å². The van der Waals surface area contributed by atoms with Gasteiger partial charge in [-0.15, -0.1) is 11.6 Å². The molecule has 31 nitrogen and oxygen atoms in total. The largest absolute Gasteiger partial charge is 0.497 e. The number of alkyl halides is 1. The average molecular weight is 1890 g/mol. The predicted molar refractivity (Wildman–Crippen MR) is 560 cm³/mol. The lowest BCUT2D eigenvalue weighted by molar-refractivity contribution is 0.229. The van der Waals surface area contributed by atoms with E-state index in [1.54, 1.807) is 87.7 Å². The minimum absolute atomic E-state index is 0. The van der Waals surface area contributed by atoms with Gasteiger partial charge < -0.3 is 64.8 Å². The maximum Gasteiger partial charge on any atom is 0.124 e. The van der Waals surface area contributed by atoms with Crippen LogP contribution in [0.1, 0.15) is 101 Å². The lowest BCUT2D eigenvalue weighted by Gasteiger charge is -2.26. The SMILES string of the molecule is C.C.C.C.C.C.COc1cc(CN)cc(N(CC2CC2)c2ccc3ncc(-c4cnn(C)c4)nc3c2)c1.COc1cc(CN)cc(N(CC2CC2)c2ccc3ncc(-c4cnn(CCN5CCNCC5)c4)nc3c2)c1.COc1cc(OC)cc(N(CCCC#N)c2ccc3ncc(-c4cnn(C)c4)nc3c2)c1.COc1cc(OC)cc(N(CCCCl)c2ccc3ncc(-c4cnn(C)c4)nc3c2)c1. The highest BCUT2D eigenvalue weighted by Gasteiger charge is 2.29. The van der Waals surface area contributed by atoms with E-state index in [0.29, 0.717) is 55.3 Å². The van der Waals surface area contributed by atoms with E-state index in [1.807, 2.05) is 154 Å². The second kappa shape index (κ2) is 49.9. The fraction of sp³-hybridized carbons (Fsp3) is 0.349. The number of aryl methyl sites for hydroxylation is 3. The molecule has 0 amide bonds. The second-order valence-electron chi connectivity index (χ2n) is 32.8. The van der Waals surface area contributed by atoms with Crippen molar-refractivity contribution in [1.29, 1.82) is 5.26 Å². The molecular weight excluding hydrogens is 1750 g/mol. The van der Waals surface area contributed by atoms with Gasteiger partial charge in [0.25, 0.3) is 0 Å². The fourth-order valence-corrected chi connectivity index (χ4v) is 16.0. The number of methoxy groups -OCH3 is 6. The molecule has 3 aliphatic rings. The molecule has 0 atom stereocenters. The molecule has 0 radical (unpaired) electrons. The van der Waals surface area contributed by atoms with E-state index in [9.17, 15) is 0 Å². The molecular formula is C106H134ClN25O6. The Morgan fingerprint density at radius 2 is 0.696 bits per heavy atom. The van der Waals surface area contributed by atoms with E-state index < -0.39 is 0 Å². The average Bonchev–Trinajstić information content (AvgIpc) is 1.13. The quantitative estimate of drug-likeness (QED) is 0.0254. The van der Waals surface area contributed by atoms with Crippen LogP contribution in [0, 0.1) is 23.2 Å². The molecule has 9 heterocycles.